The van der Waals surface area contributed by atoms with Crippen LogP contribution in [-0.2, 0) is 9.59 Å². The van der Waals surface area contributed by atoms with Gasteiger partial charge in [-0.05, 0) is 63.1 Å². The molecule has 4 N–H and O–H groups in total. The lowest BCUT2D eigenvalue weighted by Crippen LogP contribution is -2.66. The lowest BCUT2D eigenvalue weighted by atomic mass is 9.70. The SMILES string of the molecule is O=C(COc1ccc(Cl)c(F)c1)NC12CCC(NC(=O)C3CC(CO)CCN3)(C1)C2. The number of piperidine rings is 1. The number of hydrogen-bond acceptors (Lipinski definition) is 5. The summed E-state index contributed by atoms with van der Waals surface area (Å²) in [6.07, 6.45) is 4.53. The van der Waals surface area contributed by atoms with E-state index in [4.69, 9.17) is 16.3 Å². The fraction of sp³-hybridized carbons (Fsp3) is 0.619. The van der Waals surface area contributed by atoms with Crippen molar-refractivity contribution in [1.82, 2.24) is 16.0 Å². The van der Waals surface area contributed by atoms with E-state index in [9.17, 15) is 19.1 Å². The number of aliphatic hydroxyl groups excluding tert-OH is 1. The summed E-state index contributed by atoms with van der Waals surface area (Å²) < 4.78 is 18.8. The molecular weight excluding hydrogens is 413 g/mol. The van der Waals surface area contributed by atoms with Crippen LogP contribution >= 0.6 is 11.6 Å². The molecule has 0 aromatic heterocycles. The molecule has 164 valence electrons. The van der Waals surface area contributed by atoms with Gasteiger partial charge in [-0.3, -0.25) is 9.59 Å². The molecule has 30 heavy (non-hydrogen) atoms. The van der Waals surface area contributed by atoms with Crippen molar-refractivity contribution in [2.75, 3.05) is 19.8 Å². The number of ether oxygens (including phenoxy) is 1. The van der Waals surface area contributed by atoms with Gasteiger partial charge in [-0.25, -0.2) is 4.39 Å². The molecular formula is C21H27ClFN3O4. The second-order valence-corrected chi connectivity index (χ2v) is 9.30. The second kappa shape index (κ2) is 8.32. The number of carbonyl (C=O) groups is 2. The first-order chi connectivity index (χ1) is 14.3. The molecule has 0 radical (unpaired) electrons. The lowest BCUT2D eigenvalue weighted by molar-refractivity contribution is -0.128. The van der Waals surface area contributed by atoms with Gasteiger partial charge >= 0.3 is 0 Å². The van der Waals surface area contributed by atoms with Crippen LogP contribution in [0, 0.1) is 11.7 Å². The Hall–Kier alpha value is -1.90. The molecule has 5 rings (SSSR count). The third-order valence-electron chi connectivity index (χ3n) is 6.58. The van der Waals surface area contributed by atoms with Gasteiger partial charge in [0.15, 0.2) is 6.61 Å². The fourth-order valence-corrected chi connectivity index (χ4v) is 5.25. The molecule has 4 fully saturated rings. The molecule has 3 aliphatic carbocycles. The van der Waals surface area contributed by atoms with Gasteiger partial charge in [0.25, 0.3) is 5.91 Å². The van der Waals surface area contributed by atoms with E-state index in [0.717, 1.165) is 31.9 Å². The van der Waals surface area contributed by atoms with E-state index in [0.29, 0.717) is 19.3 Å². The van der Waals surface area contributed by atoms with Crippen molar-refractivity contribution in [2.45, 2.75) is 55.6 Å². The van der Waals surface area contributed by atoms with Gasteiger partial charge in [-0.15, -0.1) is 0 Å². The predicted molar refractivity (Wildman–Crippen MR) is 109 cm³/mol. The second-order valence-electron chi connectivity index (χ2n) is 8.90. The Bertz CT molecular complexity index is 830. The Balaban J connectivity index is 1.24. The van der Waals surface area contributed by atoms with Crippen LogP contribution in [0.15, 0.2) is 18.2 Å². The topological polar surface area (TPSA) is 99.7 Å². The number of benzene rings is 1. The van der Waals surface area contributed by atoms with Crippen LogP contribution in [-0.4, -0.2) is 53.8 Å². The van der Waals surface area contributed by atoms with Crippen LogP contribution in [0.4, 0.5) is 4.39 Å². The summed E-state index contributed by atoms with van der Waals surface area (Å²) in [4.78, 5) is 25.0. The van der Waals surface area contributed by atoms with Crippen LogP contribution in [0.3, 0.4) is 0 Å². The number of halogens is 2. The van der Waals surface area contributed by atoms with E-state index in [1.54, 1.807) is 0 Å². The zero-order valence-electron chi connectivity index (χ0n) is 16.7. The van der Waals surface area contributed by atoms with Gasteiger partial charge in [-0.1, -0.05) is 11.6 Å². The zero-order valence-corrected chi connectivity index (χ0v) is 17.4. The highest BCUT2D eigenvalue weighted by Crippen LogP contribution is 2.55. The largest absolute Gasteiger partial charge is 0.484 e. The molecule has 2 amide bonds. The number of amides is 2. The molecule has 2 unspecified atom stereocenters. The van der Waals surface area contributed by atoms with E-state index in [1.807, 2.05) is 0 Å². The van der Waals surface area contributed by atoms with Gasteiger partial charge in [-0.2, -0.15) is 0 Å². The van der Waals surface area contributed by atoms with E-state index in [2.05, 4.69) is 16.0 Å². The molecule has 1 aromatic carbocycles. The zero-order chi connectivity index (χ0) is 21.4. The third kappa shape index (κ3) is 4.40. The number of aliphatic hydroxyl groups is 1. The summed E-state index contributed by atoms with van der Waals surface area (Å²) in [7, 11) is 0. The minimum atomic E-state index is -0.596. The lowest BCUT2D eigenvalue weighted by Gasteiger charge is -2.48. The Morgan fingerprint density at radius 1 is 1.27 bits per heavy atom. The molecule has 4 aliphatic rings. The van der Waals surface area contributed by atoms with Crippen molar-refractivity contribution in [3.8, 4) is 5.75 Å². The normalized spacial score (nSPS) is 32.2. The van der Waals surface area contributed by atoms with Gasteiger partial charge in [0.05, 0.1) is 11.1 Å². The molecule has 1 heterocycles. The van der Waals surface area contributed by atoms with Crippen LogP contribution in [0.2, 0.25) is 5.02 Å². The predicted octanol–water partition coefficient (Wildman–Crippen LogP) is 1.52. The average Bonchev–Trinajstić information content (AvgIpc) is 3.23. The summed E-state index contributed by atoms with van der Waals surface area (Å²) in [5, 5.41) is 18.8. The smallest absolute Gasteiger partial charge is 0.258 e. The fourth-order valence-electron chi connectivity index (χ4n) is 5.14. The molecule has 7 nitrogen and oxygen atoms in total. The molecule has 2 bridgehead atoms. The Morgan fingerprint density at radius 2 is 2.00 bits per heavy atom. The summed E-state index contributed by atoms with van der Waals surface area (Å²) in [6.45, 7) is 0.626. The summed E-state index contributed by atoms with van der Waals surface area (Å²) in [5.74, 6) is -0.486. The van der Waals surface area contributed by atoms with E-state index < -0.39 is 5.82 Å². The van der Waals surface area contributed by atoms with E-state index in [1.165, 1.54) is 12.1 Å². The molecule has 1 aromatic rings. The number of nitrogens with one attached hydrogen (secondary N) is 3. The molecule has 1 saturated heterocycles. The van der Waals surface area contributed by atoms with Crippen LogP contribution in [0.1, 0.15) is 38.5 Å². The number of carbonyl (C=O) groups excluding carboxylic acids is 2. The first-order valence-corrected chi connectivity index (χ1v) is 10.8. The molecule has 1 aliphatic heterocycles. The molecule has 9 heteroatoms. The minimum absolute atomic E-state index is 0.000177. The number of rotatable bonds is 7. The maximum Gasteiger partial charge on any atom is 0.258 e. The highest BCUT2D eigenvalue weighted by atomic mass is 35.5. The summed E-state index contributed by atoms with van der Waals surface area (Å²) >= 11 is 5.64. The van der Waals surface area contributed by atoms with Crippen LogP contribution in [0.5, 0.6) is 5.75 Å². The van der Waals surface area contributed by atoms with Crippen molar-refractivity contribution in [3.63, 3.8) is 0 Å². The first-order valence-electron chi connectivity index (χ1n) is 10.4. The molecule has 2 atom stereocenters. The summed E-state index contributed by atoms with van der Waals surface area (Å²) in [6, 6.07) is 3.77. The standard InChI is InChI=1S/C21H27ClFN3O4/c22-15-2-1-14(8-16(15)23)30-10-18(28)25-20-4-5-21(11-20,12-20)26-19(29)17-7-13(9-27)3-6-24-17/h1-2,8,13,17,24,27H,3-7,9-12H2,(H,25,28)(H,26,29). The molecule has 0 spiro atoms. The van der Waals surface area contributed by atoms with Crippen LogP contribution < -0.4 is 20.7 Å². The van der Waals surface area contributed by atoms with Crippen molar-refractivity contribution >= 4 is 23.4 Å². The number of fused-ring (bicyclic) bond motifs is 1. The van der Waals surface area contributed by atoms with E-state index in [-0.39, 0.29) is 58.8 Å². The van der Waals surface area contributed by atoms with Crippen molar-refractivity contribution in [1.29, 1.82) is 0 Å². The molecule has 3 saturated carbocycles. The number of hydrogen-bond donors (Lipinski definition) is 4. The Labute approximate surface area is 179 Å². The Morgan fingerprint density at radius 3 is 2.70 bits per heavy atom. The quantitative estimate of drug-likeness (QED) is 0.516. The van der Waals surface area contributed by atoms with Crippen molar-refractivity contribution in [2.24, 2.45) is 5.92 Å². The highest BCUT2D eigenvalue weighted by molar-refractivity contribution is 6.30. The third-order valence-corrected chi connectivity index (χ3v) is 6.88. The average molecular weight is 440 g/mol. The summed E-state index contributed by atoms with van der Waals surface area (Å²) in [5.41, 5.74) is -0.578. The highest BCUT2D eigenvalue weighted by Gasteiger charge is 2.62. The van der Waals surface area contributed by atoms with Crippen molar-refractivity contribution < 1.29 is 23.8 Å². The van der Waals surface area contributed by atoms with Gasteiger partial charge in [0, 0.05) is 23.8 Å². The monoisotopic (exact) mass is 439 g/mol. The Kier molecular flexibility index (Phi) is 5.92. The van der Waals surface area contributed by atoms with Gasteiger partial charge in [0.2, 0.25) is 5.91 Å². The van der Waals surface area contributed by atoms with Gasteiger partial charge in [0.1, 0.15) is 11.6 Å². The first kappa shape index (κ1) is 21.3. The van der Waals surface area contributed by atoms with Crippen LogP contribution in [0.25, 0.3) is 0 Å². The maximum atomic E-state index is 13.5. The van der Waals surface area contributed by atoms with Gasteiger partial charge < -0.3 is 25.8 Å². The maximum absolute atomic E-state index is 13.5. The van der Waals surface area contributed by atoms with Crippen molar-refractivity contribution in [3.05, 3.63) is 29.0 Å². The minimum Gasteiger partial charge on any atom is -0.484 e. The van der Waals surface area contributed by atoms with E-state index >= 15 is 0 Å².